The first kappa shape index (κ1) is 10.8. The minimum atomic E-state index is -0.320. The zero-order valence-corrected chi connectivity index (χ0v) is 10.3. The molecular formula is C15H13ClO. The molecule has 0 aliphatic heterocycles. The maximum Gasteiger partial charge on any atom is 0.141 e. The number of alkyl halides is 1. The standard InChI is InChI=1S/C15H13ClO/c1-17-15(16)14-12-8-4-2-6-10(12)11-7-3-5-9-13(11)14/h2-9,14-15H,1H3. The van der Waals surface area contributed by atoms with E-state index in [0.717, 1.165) is 0 Å². The smallest absolute Gasteiger partial charge is 0.141 e. The Morgan fingerprint density at radius 2 is 1.41 bits per heavy atom. The van der Waals surface area contributed by atoms with Crippen LogP contribution in [0.15, 0.2) is 48.5 Å². The average Bonchev–Trinajstić information content (AvgIpc) is 2.72. The first-order chi connectivity index (χ1) is 8.33. The number of fused-ring (bicyclic) bond motifs is 3. The van der Waals surface area contributed by atoms with Crippen LogP contribution in [0, 0.1) is 0 Å². The lowest BCUT2D eigenvalue weighted by atomic mass is 9.98. The Morgan fingerprint density at radius 1 is 0.941 bits per heavy atom. The van der Waals surface area contributed by atoms with Crippen LogP contribution in [0.1, 0.15) is 17.0 Å². The van der Waals surface area contributed by atoms with E-state index in [0.29, 0.717) is 0 Å². The normalized spacial score (nSPS) is 15.4. The van der Waals surface area contributed by atoms with Crippen LogP contribution in [0.25, 0.3) is 11.1 Å². The molecule has 0 radical (unpaired) electrons. The summed E-state index contributed by atoms with van der Waals surface area (Å²) in [6.45, 7) is 0. The Labute approximate surface area is 106 Å². The van der Waals surface area contributed by atoms with Gasteiger partial charge in [-0.15, -0.1) is 0 Å². The van der Waals surface area contributed by atoms with Gasteiger partial charge < -0.3 is 4.74 Å². The molecule has 2 heteroatoms. The van der Waals surface area contributed by atoms with Crippen molar-refractivity contribution in [3.63, 3.8) is 0 Å². The molecule has 1 unspecified atom stereocenters. The quantitative estimate of drug-likeness (QED) is 0.726. The molecule has 0 bridgehead atoms. The second-order valence-corrected chi connectivity index (χ2v) is 4.67. The van der Waals surface area contributed by atoms with Crippen LogP contribution >= 0.6 is 11.6 Å². The number of methoxy groups -OCH3 is 1. The fourth-order valence-electron chi connectivity index (χ4n) is 2.61. The summed E-state index contributed by atoms with van der Waals surface area (Å²) < 4.78 is 5.31. The highest BCUT2D eigenvalue weighted by Gasteiger charge is 2.33. The topological polar surface area (TPSA) is 9.23 Å². The lowest BCUT2D eigenvalue weighted by molar-refractivity contribution is 0.155. The van der Waals surface area contributed by atoms with Crippen molar-refractivity contribution < 1.29 is 4.74 Å². The number of hydrogen-bond acceptors (Lipinski definition) is 1. The van der Waals surface area contributed by atoms with E-state index in [9.17, 15) is 0 Å². The Morgan fingerprint density at radius 3 is 1.88 bits per heavy atom. The summed E-state index contributed by atoms with van der Waals surface area (Å²) in [6.07, 6.45) is 0. The minimum absolute atomic E-state index is 0.133. The Balaban J connectivity index is 2.23. The second kappa shape index (κ2) is 4.17. The first-order valence-corrected chi connectivity index (χ1v) is 6.11. The van der Waals surface area contributed by atoms with Gasteiger partial charge in [0.05, 0.1) is 5.92 Å². The Bertz CT molecular complexity index is 505. The van der Waals surface area contributed by atoms with Crippen molar-refractivity contribution in [1.82, 2.24) is 0 Å². The van der Waals surface area contributed by atoms with E-state index in [-0.39, 0.29) is 11.5 Å². The molecule has 0 spiro atoms. The van der Waals surface area contributed by atoms with E-state index < -0.39 is 0 Å². The van der Waals surface area contributed by atoms with Crippen LogP contribution in [0.5, 0.6) is 0 Å². The van der Waals surface area contributed by atoms with Gasteiger partial charge in [0.2, 0.25) is 0 Å². The third-order valence-electron chi connectivity index (χ3n) is 3.37. The highest BCUT2D eigenvalue weighted by molar-refractivity contribution is 6.20. The zero-order valence-electron chi connectivity index (χ0n) is 9.56. The average molecular weight is 245 g/mol. The molecule has 3 rings (SSSR count). The number of hydrogen-bond donors (Lipinski definition) is 0. The van der Waals surface area contributed by atoms with Gasteiger partial charge in [-0.1, -0.05) is 60.1 Å². The Hall–Kier alpha value is -1.31. The molecule has 17 heavy (non-hydrogen) atoms. The van der Waals surface area contributed by atoms with Gasteiger partial charge in [0, 0.05) is 7.11 Å². The summed E-state index contributed by atoms with van der Waals surface area (Å²) >= 11 is 6.30. The molecular weight excluding hydrogens is 232 g/mol. The fraction of sp³-hybridized carbons (Fsp3) is 0.200. The van der Waals surface area contributed by atoms with Gasteiger partial charge >= 0.3 is 0 Å². The summed E-state index contributed by atoms with van der Waals surface area (Å²) in [4.78, 5) is 0. The second-order valence-electron chi connectivity index (χ2n) is 4.24. The molecule has 0 fully saturated rings. The molecule has 86 valence electrons. The molecule has 0 saturated heterocycles. The molecule has 2 aromatic carbocycles. The van der Waals surface area contributed by atoms with Crippen molar-refractivity contribution in [2.45, 2.75) is 11.5 Å². The van der Waals surface area contributed by atoms with E-state index in [4.69, 9.17) is 16.3 Å². The van der Waals surface area contributed by atoms with Gasteiger partial charge in [0.15, 0.2) is 0 Å². The van der Waals surface area contributed by atoms with E-state index in [1.165, 1.54) is 22.3 Å². The van der Waals surface area contributed by atoms with Crippen LogP contribution in [-0.4, -0.2) is 12.7 Å². The highest BCUT2D eigenvalue weighted by atomic mass is 35.5. The molecule has 1 atom stereocenters. The van der Waals surface area contributed by atoms with E-state index in [1.54, 1.807) is 7.11 Å². The van der Waals surface area contributed by atoms with Crippen LogP contribution in [0.4, 0.5) is 0 Å². The molecule has 1 aliphatic carbocycles. The number of benzene rings is 2. The van der Waals surface area contributed by atoms with E-state index in [2.05, 4.69) is 48.5 Å². The predicted molar refractivity (Wildman–Crippen MR) is 70.4 cm³/mol. The maximum atomic E-state index is 6.30. The van der Waals surface area contributed by atoms with Crippen molar-refractivity contribution in [2.75, 3.05) is 7.11 Å². The minimum Gasteiger partial charge on any atom is -0.365 e. The molecule has 0 heterocycles. The third-order valence-corrected chi connectivity index (χ3v) is 3.80. The summed E-state index contributed by atoms with van der Waals surface area (Å²) in [6, 6.07) is 16.8. The Kier molecular flexibility index (Phi) is 2.65. The van der Waals surface area contributed by atoms with Crippen molar-refractivity contribution in [3.8, 4) is 11.1 Å². The van der Waals surface area contributed by atoms with Crippen molar-refractivity contribution in [2.24, 2.45) is 0 Å². The number of rotatable bonds is 2. The molecule has 1 nitrogen and oxygen atoms in total. The molecule has 2 aromatic rings. The van der Waals surface area contributed by atoms with Crippen molar-refractivity contribution >= 4 is 11.6 Å². The van der Waals surface area contributed by atoms with Crippen LogP contribution < -0.4 is 0 Å². The van der Waals surface area contributed by atoms with E-state index in [1.807, 2.05) is 0 Å². The zero-order chi connectivity index (χ0) is 11.8. The van der Waals surface area contributed by atoms with Crippen molar-refractivity contribution in [1.29, 1.82) is 0 Å². The van der Waals surface area contributed by atoms with E-state index >= 15 is 0 Å². The van der Waals surface area contributed by atoms with Gasteiger partial charge in [0.1, 0.15) is 5.56 Å². The maximum absolute atomic E-state index is 6.30. The predicted octanol–water partition coefficient (Wildman–Crippen LogP) is 4.01. The first-order valence-electron chi connectivity index (χ1n) is 5.68. The number of halogens is 1. The summed E-state index contributed by atoms with van der Waals surface area (Å²) in [7, 11) is 1.65. The number of ether oxygens (including phenoxy) is 1. The van der Waals surface area contributed by atoms with Gasteiger partial charge in [-0.05, 0) is 22.3 Å². The molecule has 0 saturated carbocycles. The fourth-order valence-corrected chi connectivity index (χ4v) is 2.88. The van der Waals surface area contributed by atoms with Crippen LogP contribution in [-0.2, 0) is 4.74 Å². The van der Waals surface area contributed by atoms with Gasteiger partial charge in [-0.3, -0.25) is 0 Å². The third kappa shape index (κ3) is 1.58. The monoisotopic (exact) mass is 244 g/mol. The largest absolute Gasteiger partial charge is 0.365 e. The SMILES string of the molecule is COC(Cl)C1c2ccccc2-c2ccccc21. The summed E-state index contributed by atoms with van der Waals surface area (Å²) in [5.74, 6) is 0.133. The summed E-state index contributed by atoms with van der Waals surface area (Å²) in [5, 5.41) is 0. The van der Waals surface area contributed by atoms with Gasteiger partial charge in [-0.25, -0.2) is 0 Å². The summed E-state index contributed by atoms with van der Waals surface area (Å²) in [5.41, 5.74) is 4.75. The van der Waals surface area contributed by atoms with Crippen LogP contribution in [0.2, 0.25) is 0 Å². The highest BCUT2D eigenvalue weighted by Crippen LogP contribution is 2.47. The van der Waals surface area contributed by atoms with Gasteiger partial charge in [0.25, 0.3) is 0 Å². The molecule has 0 amide bonds. The lowest BCUT2D eigenvalue weighted by Crippen LogP contribution is -2.13. The molecule has 0 N–H and O–H groups in total. The van der Waals surface area contributed by atoms with Crippen LogP contribution in [0.3, 0.4) is 0 Å². The molecule has 0 aromatic heterocycles. The lowest BCUT2D eigenvalue weighted by Gasteiger charge is -2.18. The van der Waals surface area contributed by atoms with Gasteiger partial charge in [-0.2, -0.15) is 0 Å². The molecule has 1 aliphatic rings. The van der Waals surface area contributed by atoms with Crippen molar-refractivity contribution in [3.05, 3.63) is 59.7 Å².